The molecular weight excluding hydrogens is 394 g/mol. The predicted molar refractivity (Wildman–Crippen MR) is 117 cm³/mol. The van der Waals surface area contributed by atoms with Gasteiger partial charge in [0.05, 0.1) is 13.8 Å². The minimum absolute atomic E-state index is 0.185. The molecule has 1 fully saturated rings. The maximum atomic E-state index is 13.4. The Morgan fingerprint density at radius 3 is 2.61 bits per heavy atom. The number of carbonyl (C=O) groups is 2. The summed E-state index contributed by atoms with van der Waals surface area (Å²) in [6.07, 6.45) is 2.31. The average Bonchev–Trinajstić information content (AvgIpc) is 2.99. The molecule has 164 valence electrons. The van der Waals surface area contributed by atoms with Crippen molar-refractivity contribution in [3.8, 4) is 11.5 Å². The summed E-state index contributed by atoms with van der Waals surface area (Å²) in [7, 11) is 3.51. The van der Waals surface area contributed by atoms with Crippen LogP contribution < -0.4 is 14.8 Å². The molecule has 2 aromatic carbocycles. The number of nitrogens with zero attached hydrogens (tertiary/aromatic N) is 2. The summed E-state index contributed by atoms with van der Waals surface area (Å²) in [6.45, 7) is 3.31. The molecule has 0 aromatic heterocycles. The first-order chi connectivity index (χ1) is 14.9. The third-order valence-electron chi connectivity index (χ3n) is 6.09. The summed E-state index contributed by atoms with van der Waals surface area (Å²) < 4.78 is 11.1. The summed E-state index contributed by atoms with van der Waals surface area (Å²) in [5.41, 5.74) is 2.14. The Kier molecular flexibility index (Phi) is 5.87. The minimum Gasteiger partial charge on any atom is -0.497 e. The van der Waals surface area contributed by atoms with Crippen molar-refractivity contribution in [1.29, 1.82) is 0 Å². The number of rotatable bonds is 7. The summed E-state index contributed by atoms with van der Waals surface area (Å²) in [5.74, 6) is 1.38. The summed E-state index contributed by atoms with van der Waals surface area (Å²) in [4.78, 5) is 29.4. The number of ether oxygens (including phenoxy) is 2. The monoisotopic (exact) mass is 423 g/mol. The molecule has 2 aromatic rings. The van der Waals surface area contributed by atoms with Crippen LogP contribution in [0, 0.1) is 6.92 Å². The molecule has 1 aliphatic carbocycles. The molecule has 1 N–H and O–H groups in total. The molecule has 3 amide bonds. The number of fused-ring (bicyclic) bond motifs is 2. The van der Waals surface area contributed by atoms with E-state index in [1.54, 1.807) is 7.11 Å². The molecule has 0 bridgehead atoms. The lowest BCUT2D eigenvalue weighted by Crippen LogP contribution is -2.47. The Morgan fingerprint density at radius 2 is 1.87 bits per heavy atom. The number of aryl methyl sites for hydroxylation is 2. The lowest BCUT2D eigenvalue weighted by Gasteiger charge is -2.33. The largest absolute Gasteiger partial charge is 0.497 e. The van der Waals surface area contributed by atoms with Gasteiger partial charge in [-0.3, -0.25) is 9.69 Å². The van der Waals surface area contributed by atoms with E-state index in [-0.39, 0.29) is 18.6 Å². The highest BCUT2D eigenvalue weighted by molar-refractivity contribution is 6.07. The van der Waals surface area contributed by atoms with Gasteiger partial charge in [0.25, 0.3) is 5.91 Å². The number of nitrogens with one attached hydrogen (secondary N) is 1. The van der Waals surface area contributed by atoms with Gasteiger partial charge >= 0.3 is 6.03 Å². The van der Waals surface area contributed by atoms with Crippen molar-refractivity contribution in [2.75, 3.05) is 34.0 Å². The quantitative estimate of drug-likeness (QED) is 0.693. The fourth-order valence-corrected chi connectivity index (χ4v) is 4.37. The summed E-state index contributed by atoms with van der Waals surface area (Å²) in [5, 5.41) is 2.99. The fourth-order valence-electron chi connectivity index (χ4n) is 4.37. The zero-order chi connectivity index (χ0) is 22.0. The van der Waals surface area contributed by atoms with E-state index in [1.165, 1.54) is 10.5 Å². The second-order valence-electron chi connectivity index (χ2n) is 8.33. The van der Waals surface area contributed by atoms with Gasteiger partial charge in [-0.15, -0.1) is 0 Å². The van der Waals surface area contributed by atoms with E-state index in [2.05, 4.69) is 5.32 Å². The third-order valence-corrected chi connectivity index (χ3v) is 6.09. The number of benzene rings is 2. The van der Waals surface area contributed by atoms with Crippen LogP contribution in [-0.2, 0) is 16.8 Å². The molecule has 1 heterocycles. The number of amides is 3. The molecular formula is C24H29N3O4. The standard InChI is InChI=1S/C24H29N3O4/c1-17-6-8-19(9-7-17)31-14-13-26(2)16-27-22(28)24(25-23(27)29)12-4-5-18-15-20(30-3)10-11-21(18)24/h6-11,15H,4-5,12-14,16H2,1-3H3,(H,25,29)/t24-/m1/s1. The number of hydrogen-bond donors (Lipinski definition) is 1. The first-order valence-corrected chi connectivity index (χ1v) is 10.6. The van der Waals surface area contributed by atoms with E-state index in [9.17, 15) is 9.59 Å². The highest BCUT2D eigenvalue weighted by Crippen LogP contribution is 2.41. The summed E-state index contributed by atoms with van der Waals surface area (Å²) in [6, 6.07) is 13.3. The molecule has 0 radical (unpaired) electrons. The van der Waals surface area contributed by atoms with Crippen LogP contribution in [0.15, 0.2) is 42.5 Å². The number of methoxy groups -OCH3 is 1. The van der Waals surface area contributed by atoms with Crippen LogP contribution in [0.4, 0.5) is 4.79 Å². The van der Waals surface area contributed by atoms with Crippen molar-refractivity contribution in [2.24, 2.45) is 0 Å². The first-order valence-electron chi connectivity index (χ1n) is 10.6. The predicted octanol–water partition coefficient (Wildman–Crippen LogP) is 3.06. The Hall–Kier alpha value is -3.06. The topological polar surface area (TPSA) is 71.1 Å². The molecule has 2 aliphatic rings. The van der Waals surface area contributed by atoms with Gasteiger partial charge in [0, 0.05) is 6.54 Å². The van der Waals surface area contributed by atoms with Crippen LogP contribution in [-0.4, -0.2) is 55.7 Å². The van der Waals surface area contributed by atoms with Crippen molar-refractivity contribution in [1.82, 2.24) is 15.1 Å². The smallest absolute Gasteiger partial charge is 0.326 e. The van der Waals surface area contributed by atoms with Crippen molar-refractivity contribution < 1.29 is 19.1 Å². The van der Waals surface area contributed by atoms with Gasteiger partial charge < -0.3 is 14.8 Å². The summed E-state index contributed by atoms with van der Waals surface area (Å²) >= 11 is 0. The molecule has 1 spiro atoms. The van der Waals surface area contributed by atoms with E-state index in [0.717, 1.165) is 35.5 Å². The van der Waals surface area contributed by atoms with E-state index >= 15 is 0 Å². The third kappa shape index (κ3) is 4.10. The van der Waals surface area contributed by atoms with Crippen LogP contribution in [0.5, 0.6) is 11.5 Å². The molecule has 31 heavy (non-hydrogen) atoms. The van der Waals surface area contributed by atoms with Crippen molar-refractivity contribution >= 4 is 11.9 Å². The Balaban J connectivity index is 1.41. The first kappa shape index (κ1) is 21.2. The molecule has 1 atom stereocenters. The Bertz CT molecular complexity index is 975. The van der Waals surface area contributed by atoms with Crippen molar-refractivity contribution in [3.63, 3.8) is 0 Å². The fraction of sp³-hybridized carbons (Fsp3) is 0.417. The van der Waals surface area contributed by atoms with Crippen LogP contribution in [0.2, 0.25) is 0 Å². The van der Waals surface area contributed by atoms with Gasteiger partial charge in [0.1, 0.15) is 23.6 Å². The zero-order valence-electron chi connectivity index (χ0n) is 18.3. The molecule has 0 saturated carbocycles. The molecule has 7 nitrogen and oxygen atoms in total. The highest BCUT2D eigenvalue weighted by atomic mass is 16.5. The number of imide groups is 1. The molecule has 0 unspecified atom stereocenters. The SMILES string of the molecule is COc1ccc2c(c1)CCC[C@@]21NC(=O)N(CN(C)CCOc2ccc(C)cc2)C1=O. The second-order valence-corrected chi connectivity index (χ2v) is 8.33. The van der Waals surface area contributed by atoms with Gasteiger partial charge in [-0.1, -0.05) is 23.8 Å². The Morgan fingerprint density at radius 1 is 1.13 bits per heavy atom. The van der Waals surface area contributed by atoms with Gasteiger partial charge in [0.2, 0.25) is 0 Å². The Labute approximate surface area is 182 Å². The van der Waals surface area contributed by atoms with E-state index in [1.807, 2.05) is 61.3 Å². The van der Waals surface area contributed by atoms with Crippen molar-refractivity contribution in [3.05, 3.63) is 59.2 Å². The second kappa shape index (κ2) is 8.59. The van der Waals surface area contributed by atoms with E-state index in [0.29, 0.717) is 19.6 Å². The van der Waals surface area contributed by atoms with Crippen LogP contribution in [0.1, 0.15) is 29.5 Å². The minimum atomic E-state index is -0.976. The van der Waals surface area contributed by atoms with Gasteiger partial charge in [0.15, 0.2) is 0 Å². The molecule has 7 heteroatoms. The highest BCUT2D eigenvalue weighted by Gasteiger charge is 2.54. The maximum Gasteiger partial charge on any atom is 0.326 e. The normalized spacial score (nSPS) is 20.2. The van der Waals surface area contributed by atoms with Crippen LogP contribution >= 0.6 is 0 Å². The molecule has 1 aliphatic heterocycles. The van der Waals surface area contributed by atoms with Crippen LogP contribution in [0.3, 0.4) is 0 Å². The van der Waals surface area contributed by atoms with Crippen LogP contribution in [0.25, 0.3) is 0 Å². The van der Waals surface area contributed by atoms with E-state index < -0.39 is 5.54 Å². The number of carbonyl (C=O) groups excluding carboxylic acids is 2. The zero-order valence-corrected chi connectivity index (χ0v) is 18.3. The lowest BCUT2D eigenvalue weighted by molar-refractivity contribution is -0.133. The molecule has 1 saturated heterocycles. The van der Waals surface area contributed by atoms with Gasteiger partial charge in [-0.2, -0.15) is 0 Å². The average molecular weight is 424 g/mol. The molecule has 4 rings (SSSR count). The van der Waals surface area contributed by atoms with Gasteiger partial charge in [-0.05, 0) is 68.6 Å². The van der Waals surface area contributed by atoms with E-state index in [4.69, 9.17) is 9.47 Å². The maximum absolute atomic E-state index is 13.4. The number of likely N-dealkylation sites (N-methyl/N-ethyl adjacent to an activating group) is 1. The number of hydrogen-bond acceptors (Lipinski definition) is 5. The van der Waals surface area contributed by atoms with Crippen molar-refractivity contribution in [2.45, 2.75) is 31.7 Å². The van der Waals surface area contributed by atoms with Gasteiger partial charge in [-0.25, -0.2) is 9.69 Å². The lowest BCUT2D eigenvalue weighted by atomic mass is 9.76. The number of urea groups is 1.